The second-order valence-corrected chi connectivity index (χ2v) is 4.93. The third-order valence-corrected chi connectivity index (χ3v) is 3.90. The fraction of sp³-hybridized carbons (Fsp3) is 0.500. The standard InChI is InChI=1S/C14H18FNO/c1-3-10(2)14(8-9-14)13(17)16-12-6-4-11(15)5-7-12/h4-7,10H,3,8-9H2,1-2H3,(H,16,17). The molecule has 0 radical (unpaired) electrons. The molecule has 0 spiro atoms. The second kappa shape index (κ2) is 4.47. The summed E-state index contributed by atoms with van der Waals surface area (Å²) in [6.07, 6.45) is 2.95. The summed E-state index contributed by atoms with van der Waals surface area (Å²) in [5.74, 6) is 0.201. The Kier molecular flexibility index (Phi) is 3.18. The first kappa shape index (κ1) is 12.1. The molecule has 1 aliphatic rings. The summed E-state index contributed by atoms with van der Waals surface area (Å²) in [6, 6.07) is 5.91. The van der Waals surface area contributed by atoms with E-state index in [1.54, 1.807) is 12.1 Å². The third-order valence-electron chi connectivity index (χ3n) is 3.90. The van der Waals surface area contributed by atoms with E-state index < -0.39 is 0 Å². The maximum absolute atomic E-state index is 12.7. The van der Waals surface area contributed by atoms with Crippen molar-refractivity contribution in [2.75, 3.05) is 5.32 Å². The average Bonchev–Trinajstić information content (AvgIpc) is 3.12. The number of amides is 1. The summed E-state index contributed by atoms with van der Waals surface area (Å²) in [6.45, 7) is 4.23. The van der Waals surface area contributed by atoms with Crippen LogP contribution in [0.3, 0.4) is 0 Å². The molecule has 1 aliphatic carbocycles. The van der Waals surface area contributed by atoms with Gasteiger partial charge in [0.15, 0.2) is 0 Å². The van der Waals surface area contributed by atoms with E-state index in [1.165, 1.54) is 12.1 Å². The van der Waals surface area contributed by atoms with Crippen molar-refractivity contribution in [3.8, 4) is 0 Å². The Morgan fingerprint density at radius 2 is 2.00 bits per heavy atom. The zero-order chi connectivity index (χ0) is 12.5. The van der Waals surface area contributed by atoms with Gasteiger partial charge in [-0.25, -0.2) is 4.39 Å². The van der Waals surface area contributed by atoms with Crippen molar-refractivity contribution in [2.45, 2.75) is 33.1 Å². The van der Waals surface area contributed by atoms with Gasteiger partial charge in [-0.3, -0.25) is 4.79 Å². The molecule has 2 rings (SSSR count). The zero-order valence-electron chi connectivity index (χ0n) is 10.3. The number of nitrogens with one attached hydrogen (secondary N) is 1. The highest BCUT2D eigenvalue weighted by Crippen LogP contribution is 2.53. The van der Waals surface area contributed by atoms with Crippen molar-refractivity contribution in [3.63, 3.8) is 0 Å². The van der Waals surface area contributed by atoms with Crippen LogP contribution in [0.4, 0.5) is 10.1 Å². The Hall–Kier alpha value is -1.38. The van der Waals surface area contributed by atoms with Gasteiger partial charge < -0.3 is 5.32 Å². The Morgan fingerprint density at radius 1 is 1.41 bits per heavy atom. The number of anilines is 1. The van der Waals surface area contributed by atoms with Crippen molar-refractivity contribution in [2.24, 2.45) is 11.3 Å². The minimum Gasteiger partial charge on any atom is -0.326 e. The van der Waals surface area contributed by atoms with E-state index in [4.69, 9.17) is 0 Å². The Bertz CT molecular complexity index is 409. The van der Waals surface area contributed by atoms with Gasteiger partial charge in [-0.05, 0) is 43.0 Å². The highest BCUT2D eigenvalue weighted by Gasteiger charge is 2.52. The lowest BCUT2D eigenvalue weighted by Crippen LogP contribution is -2.29. The summed E-state index contributed by atoms with van der Waals surface area (Å²) in [5.41, 5.74) is 0.495. The van der Waals surface area contributed by atoms with Crippen LogP contribution < -0.4 is 5.32 Å². The molecule has 2 nitrogen and oxygen atoms in total. The van der Waals surface area contributed by atoms with Gasteiger partial charge in [-0.1, -0.05) is 20.3 Å². The molecule has 1 amide bonds. The summed E-state index contributed by atoms with van der Waals surface area (Å²) in [4.78, 5) is 12.2. The first-order chi connectivity index (χ1) is 8.08. The molecular formula is C14H18FNO. The van der Waals surface area contributed by atoms with E-state index in [-0.39, 0.29) is 17.1 Å². The van der Waals surface area contributed by atoms with Crippen molar-refractivity contribution in [3.05, 3.63) is 30.1 Å². The smallest absolute Gasteiger partial charge is 0.230 e. The van der Waals surface area contributed by atoms with Crippen LogP contribution in [0.25, 0.3) is 0 Å². The number of hydrogen-bond donors (Lipinski definition) is 1. The fourth-order valence-corrected chi connectivity index (χ4v) is 2.26. The van der Waals surface area contributed by atoms with Crippen LogP contribution in [-0.4, -0.2) is 5.91 Å². The van der Waals surface area contributed by atoms with Crippen molar-refractivity contribution in [1.29, 1.82) is 0 Å². The number of hydrogen-bond acceptors (Lipinski definition) is 1. The van der Waals surface area contributed by atoms with Crippen LogP contribution in [-0.2, 0) is 4.79 Å². The van der Waals surface area contributed by atoms with Gasteiger partial charge >= 0.3 is 0 Å². The van der Waals surface area contributed by atoms with Gasteiger partial charge in [0.2, 0.25) is 5.91 Å². The number of rotatable bonds is 4. The molecule has 0 heterocycles. The zero-order valence-corrected chi connectivity index (χ0v) is 10.3. The Morgan fingerprint density at radius 3 is 2.47 bits per heavy atom. The maximum atomic E-state index is 12.7. The van der Waals surface area contributed by atoms with Crippen LogP contribution in [0.5, 0.6) is 0 Å². The lowest BCUT2D eigenvalue weighted by Gasteiger charge is -2.21. The van der Waals surface area contributed by atoms with E-state index in [0.717, 1.165) is 19.3 Å². The first-order valence-electron chi connectivity index (χ1n) is 6.15. The highest BCUT2D eigenvalue weighted by atomic mass is 19.1. The van der Waals surface area contributed by atoms with E-state index in [9.17, 15) is 9.18 Å². The second-order valence-electron chi connectivity index (χ2n) is 4.93. The van der Waals surface area contributed by atoms with Crippen molar-refractivity contribution >= 4 is 11.6 Å². The van der Waals surface area contributed by atoms with Gasteiger partial charge in [-0.2, -0.15) is 0 Å². The first-order valence-corrected chi connectivity index (χ1v) is 6.15. The number of carbonyl (C=O) groups excluding carboxylic acids is 1. The molecule has 3 heteroatoms. The summed E-state index contributed by atoms with van der Waals surface area (Å²) < 4.78 is 12.7. The Labute approximate surface area is 101 Å². The molecule has 1 N–H and O–H groups in total. The van der Waals surface area contributed by atoms with Gasteiger partial charge in [0.25, 0.3) is 0 Å². The molecule has 0 bridgehead atoms. The Balaban J connectivity index is 2.05. The summed E-state index contributed by atoms with van der Waals surface area (Å²) >= 11 is 0. The van der Waals surface area contributed by atoms with Crippen molar-refractivity contribution in [1.82, 2.24) is 0 Å². The topological polar surface area (TPSA) is 29.1 Å². The maximum Gasteiger partial charge on any atom is 0.230 e. The average molecular weight is 235 g/mol. The van der Waals surface area contributed by atoms with E-state index in [2.05, 4.69) is 19.2 Å². The molecule has 0 aliphatic heterocycles. The molecule has 17 heavy (non-hydrogen) atoms. The molecule has 1 aromatic rings. The predicted octanol–water partition coefficient (Wildman–Crippen LogP) is 3.59. The monoisotopic (exact) mass is 235 g/mol. The SMILES string of the molecule is CCC(C)C1(C(=O)Nc2ccc(F)cc2)CC1. The molecule has 1 unspecified atom stereocenters. The number of halogens is 1. The lowest BCUT2D eigenvalue weighted by molar-refractivity contribution is -0.122. The van der Waals surface area contributed by atoms with Crippen LogP contribution in [0.2, 0.25) is 0 Å². The molecule has 1 saturated carbocycles. The van der Waals surface area contributed by atoms with Crippen LogP contribution in [0.15, 0.2) is 24.3 Å². The van der Waals surface area contributed by atoms with Crippen LogP contribution in [0.1, 0.15) is 33.1 Å². The molecule has 0 saturated heterocycles. The minimum absolute atomic E-state index is 0.0819. The van der Waals surface area contributed by atoms with Crippen LogP contribution in [0, 0.1) is 17.2 Å². The van der Waals surface area contributed by atoms with Gasteiger partial charge in [0.1, 0.15) is 5.82 Å². The molecule has 1 fully saturated rings. The number of benzene rings is 1. The largest absolute Gasteiger partial charge is 0.326 e. The van der Waals surface area contributed by atoms with Gasteiger partial charge in [0, 0.05) is 5.69 Å². The van der Waals surface area contributed by atoms with E-state index >= 15 is 0 Å². The molecule has 1 atom stereocenters. The summed E-state index contributed by atoms with van der Waals surface area (Å²) in [7, 11) is 0. The normalized spacial score (nSPS) is 18.5. The highest BCUT2D eigenvalue weighted by molar-refractivity contribution is 5.97. The molecule has 92 valence electrons. The lowest BCUT2D eigenvalue weighted by atomic mass is 9.87. The fourth-order valence-electron chi connectivity index (χ4n) is 2.26. The molecular weight excluding hydrogens is 217 g/mol. The predicted molar refractivity (Wildman–Crippen MR) is 66.2 cm³/mol. The molecule has 0 aromatic heterocycles. The minimum atomic E-state index is -0.286. The van der Waals surface area contributed by atoms with Crippen molar-refractivity contribution < 1.29 is 9.18 Å². The third kappa shape index (κ3) is 2.33. The van der Waals surface area contributed by atoms with E-state index in [0.29, 0.717) is 11.6 Å². The van der Waals surface area contributed by atoms with Crippen LogP contribution >= 0.6 is 0 Å². The molecule has 1 aromatic carbocycles. The van der Waals surface area contributed by atoms with Gasteiger partial charge in [0.05, 0.1) is 5.41 Å². The summed E-state index contributed by atoms with van der Waals surface area (Å²) in [5, 5.41) is 2.88. The quantitative estimate of drug-likeness (QED) is 0.849. The van der Waals surface area contributed by atoms with E-state index in [1.807, 2.05) is 0 Å². The number of carbonyl (C=O) groups is 1. The van der Waals surface area contributed by atoms with Gasteiger partial charge in [-0.15, -0.1) is 0 Å².